The van der Waals surface area contributed by atoms with E-state index < -0.39 is 11.4 Å². The fourth-order valence-electron chi connectivity index (χ4n) is 1.92. The van der Waals surface area contributed by atoms with Crippen LogP contribution in [0, 0.1) is 5.41 Å². The molecule has 2 aromatic rings. The number of benzene rings is 1. The Morgan fingerprint density at radius 2 is 2.05 bits per heavy atom. The van der Waals surface area contributed by atoms with Gasteiger partial charge in [-0.2, -0.15) is 0 Å². The van der Waals surface area contributed by atoms with Gasteiger partial charge in [0.15, 0.2) is 0 Å². The van der Waals surface area contributed by atoms with E-state index in [9.17, 15) is 9.59 Å². The quantitative estimate of drug-likeness (QED) is 0.908. The van der Waals surface area contributed by atoms with Crippen LogP contribution in [0.3, 0.4) is 0 Å². The number of carbonyl (C=O) groups is 2. The Kier molecular flexibility index (Phi) is 4.14. The van der Waals surface area contributed by atoms with Crippen molar-refractivity contribution in [3.05, 3.63) is 35.5 Å². The van der Waals surface area contributed by atoms with E-state index in [1.807, 2.05) is 0 Å². The highest BCUT2D eigenvalue weighted by molar-refractivity contribution is 6.35. The highest BCUT2D eigenvalue weighted by atomic mass is 35.5. The number of aromatic nitrogens is 1. The number of nitrogens with zero attached hydrogens (tertiary/aromatic N) is 1. The zero-order chi connectivity index (χ0) is 15.6. The molecule has 0 atom stereocenters. The lowest BCUT2D eigenvalue weighted by Crippen LogP contribution is -2.29. The Morgan fingerprint density at radius 1 is 1.33 bits per heavy atom. The SMILES string of the molecule is CC(C)(CC(=O)Nc1ccc(Cl)c2ncccc12)C(=O)O. The molecular weight excluding hydrogens is 292 g/mol. The lowest BCUT2D eigenvalue weighted by Gasteiger charge is -2.18. The van der Waals surface area contributed by atoms with Gasteiger partial charge in [0.25, 0.3) is 0 Å². The molecule has 6 heteroatoms. The van der Waals surface area contributed by atoms with E-state index in [0.717, 1.165) is 0 Å². The number of carboxylic acid groups (broad SMARTS) is 1. The number of fused-ring (bicyclic) bond motifs is 1. The third-order valence-electron chi connectivity index (χ3n) is 3.18. The first-order chi connectivity index (χ1) is 9.81. The number of hydrogen-bond acceptors (Lipinski definition) is 3. The number of anilines is 1. The predicted octanol–water partition coefficient (Wildman–Crippen LogP) is 3.33. The molecule has 0 aliphatic carbocycles. The molecule has 0 fully saturated rings. The molecular formula is C15H15ClN2O3. The number of nitrogens with one attached hydrogen (secondary N) is 1. The second-order valence-electron chi connectivity index (χ2n) is 5.41. The van der Waals surface area contributed by atoms with Gasteiger partial charge in [-0.3, -0.25) is 14.6 Å². The van der Waals surface area contributed by atoms with Crippen LogP contribution in [0.15, 0.2) is 30.5 Å². The second-order valence-corrected chi connectivity index (χ2v) is 5.82. The Hall–Kier alpha value is -2.14. The average Bonchev–Trinajstić information content (AvgIpc) is 2.41. The molecule has 1 amide bonds. The first-order valence-corrected chi connectivity index (χ1v) is 6.75. The summed E-state index contributed by atoms with van der Waals surface area (Å²) in [5, 5.41) is 13.0. The number of carbonyl (C=O) groups excluding carboxylic acids is 1. The van der Waals surface area contributed by atoms with E-state index in [2.05, 4.69) is 10.3 Å². The van der Waals surface area contributed by atoms with Crippen molar-refractivity contribution >= 4 is 40.1 Å². The maximum atomic E-state index is 12.0. The van der Waals surface area contributed by atoms with Crippen molar-refractivity contribution in [1.29, 1.82) is 0 Å². The summed E-state index contributed by atoms with van der Waals surface area (Å²) in [6.07, 6.45) is 1.50. The van der Waals surface area contributed by atoms with Crippen LogP contribution in [0.2, 0.25) is 5.02 Å². The topological polar surface area (TPSA) is 79.3 Å². The molecule has 0 bridgehead atoms. The summed E-state index contributed by atoms with van der Waals surface area (Å²) < 4.78 is 0. The first-order valence-electron chi connectivity index (χ1n) is 6.38. The maximum Gasteiger partial charge on any atom is 0.309 e. The van der Waals surface area contributed by atoms with Gasteiger partial charge in [0.05, 0.1) is 21.6 Å². The fourth-order valence-corrected chi connectivity index (χ4v) is 2.13. The minimum absolute atomic E-state index is 0.118. The first kappa shape index (κ1) is 15.3. The van der Waals surface area contributed by atoms with Gasteiger partial charge in [-0.1, -0.05) is 11.6 Å². The normalized spacial score (nSPS) is 11.4. The van der Waals surface area contributed by atoms with Crippen molar-refractivity contribution in [3.63, 3.8) is 0 Å². The van der Waals surface area contributed by atoms with Crippen LogP contribution in [0.4, 0.5) is 5.69 Å². The van der Waals surface area contributed by atoms with E-state index in [4.69, 9.17) is 16.7 Å². The average molecular weight is 307 g/mol. The number of carboxylic acids is 1. The minimum Gasteiger partial charge on any atom is -0.481 e. The summed E-state index contributed by atoms with van der Waals surface area (Å²) in [4.78, 5) is 27.3. The van der Waals surface area contributed by atoms with Gasteiger partial charge in [0, 0.05) is 18.0 Å². The van der Waals surface area contributed by atoms with E-state index in [-0.39, 0.29) is 12.3 Å². The van der Waals surface area contributed by atoms with Crippen molar-refractivity contribution in [1.82, 2.24) is 4.98 Å². The van der Waals surface area contributed by atoms with Gasteiger partial charge in [0.2, 0.25) is 5.91 Å². The number of aliphatic carboxylic acids is 1. The van der Waals surface area contributed by atoms with Crippen LogP contribution in [0.1, 0.15) is 20.3 Å². The second kappa shape index (κ2) is 5.69. The lowest BCUT2D eigenvalue weighted by atomic mass is 9.89. The van der Waals surface area contributed by atoms with Crippen molar-refractivity contribution < 1.29 is 14.7 Å². The number of rotatable bonds is 4. The maximum absolute atomic E-state index is 12.0. The fraction of sp³-hybridized carbons (Fsp3) is 0.267. The molecule has 0 unspecified atom stereocenters. The summed E-state index contributed by atoms with van der Waals surface area (Å²) in [6, 6.07) is 6.87. The molecule has 5 nitrogen and oxygen atoms in total. The zero-order valence-corrected chi connectivity index (χ0v) is 12.4. The van der Waals surface area contributed by atoms with E-state index in [0.29, 0.717) is 21.6 Å². The van der Waals surface area contributed by atoms with Crippen molar-refractivity contribution in [2.45, 2.75) is 20.3 Å². The summed E-state index contributed by atoms with van der Waals surface area (Å²) in [6.45, 7) is 3.02. The molecule has 0 saturated carbocycles. The molecule has 21 heavy (non-hydrogen) atoms. The molecule has 0 spiro atoms. The summed E-state index contributed by atoms with van der Waals surface area (Å²) >= 11 is 6.06. The summed E-state index contributed by atoms with van der Waals surface area (Å²) in [5.41, 5.74) is 0.0352. The summed E-state index contributed by atoms with van der Waals surface area (Å²) in [7, 11) is 0. The Bertz CT molecular complexity index is 713. The van der Waals surface area contributed by atoms with E-state index in [1.165, 1.54) is 13.8 Å². The minimum atomic E-state index is -1.12. The van der Waals surface area contributed by atoms with Crippen molar-refractivity contribution in [2.24, 2.45) is 5.41 Å². The van der Waals surface area contributed by atoms with Gasteiger partial charge in [-0.05, 0) is 38.1 Å². The number of halogens is 1. The Morgan fingerprint density at radius 3 is 2.71 bits per heavy atom. The molecule has 0 radical (unpaired) electrons. The number of hydrogen-bond donors (Lipinski definition) is 2. The van der Waals surface area contributed by atoms with E-state index >= 15 is 0 Å². The molecule has 0 aliphatic heterocycles. The van der Waals surface area contributed by atoms with Crippen molar-refractivity contribution in [3.8, 4) is 0 Å². The van der Waals surface area contributed by atoms with Crippen LogP contribution >= 0.6 is 11.6 Å². The molecule has 1 heterocycles. The number of amides is 1. The Balaban J connectivity index is 2.27. The smallest absolute Gasteiger partial charge is 0.309 e. The van der Waals surface area contributed by atoms with Gasteiger partial charge in [0.1, 0.15) is 0 Å². The standard InChI is InChI=1S/C15H15ClN2O3/c1-15(2,14(20)21)8-12(19)18-11-6-5-10(16)13-9(11)4-3-7-17-13/h3-7H,8H2,1-2H3,(H,18,19)(H,20,21). The van der Waals surface area contributed by atoms with Crippen LogP contribution in [0.25, 0.3) is 10.9 Å². The Labute approximate surface area is 126 Å². The molecule has 0 aliphatic rings. The summed E-state index contributed by atoms with van der Waals surface area (Å²) in [5.74, 6) is -1.38. The molecule has 2 N–H and O–H groups in total. The highest BCUT2D eigenvalue weighted by Crippen LogP contribution is 2.29. The van der Waals surface area contributed by atoms with E-state index in [1.54, 1.807) is 30.5 Å². The molecule has 1 aromatic carbocycles. The number of pyridine rings is 1. The van der Waals surface area contributed by atoms with Crippen LogP contribution in [0.5, 0.6) is 0 Å². The molecule has 110 valence electrons. The van der Waals surface area contributed by atoms with Gasteiger partial charge < -0.3 is 10.4 Å². The largest absolute Gasteiger partial charge is 0.481 e. The highest BCUT2D eigenvalue weighted by Gasteiger charge is 2.30. The monoisotopic (exact) mass is 306 g/mol. The van der Waals surface area contributed by atoms with Crippen molar-refractivity contribution in [2.75, 3.05) is 5.32 Å². The predicted molar refractivity (Wildman–Crippen MR) is 81.4 cm³/mol. The van der Waals surface area contributed by atoms with Crippen LogP contribution < -0.4 is 5.32 Å². The molecule has 0 saturated heterocycles. The molecule has 1 aromatic heterocycles. The third-order valence-corrected chi connectivity index (χ3v) is 3.48. The van der Waals surface area contributed by atoms with Gasteiger partial charge in [-0.15, -0.1) is 0 Å². The molecule has 2 rings (SSSR count). The van der Waals surface area contributed by atoms with Gasteiger partial charge in [-0.25, -0.2) is 0 Å². The van der Waals surface area contributed by atoms with Crippen LogP contribution in [-0.4, -0.2) is 22.0 Å². The zero-order valence-electron chi connectivity index (χ0n) is 11.7. The lowest BCUT2D eigenvalue weighted by molar-refractivity contribution is -0.148. The van der Waals surface area contributed by atoms with Gasteiger partial charge >= 0.3 is 5.97 Å². The third kappa shape index (κ3) is 3.31. The van der Waals surface area contributed by atoms with Crippen LogP contribution in [-0.2, 0) is 9.59 Å².